The van der Waals surface area contributed by atoms with Crippen LogP contribution in [0.5, 0.6) is 5.75 Å². The van der Waals surface area contributed by atoms with Gasteiger partial charge in [-0.15, -0.1) is 23.5 Å². The number of rotatable bonds is 12. The number of amidine groups is 1. The molecule has 2 aliphatic rings. The summed E-state index contributed by atoms with van der Waals surface area (Å²) in [6, 6.07) is 22.9. The minimum Gasteiger partial charge on any atom is -0.489 e. The lowest BCUT2D eigenvalue weighted by molar-refractivity contribution is 0.306. The van der Waals surface area contributed by atoms with Crippen LogP contribution in [0.25, 0.3) is 0 Å². The highest BCUT2D eigenvalue weighted by Crippen LogP contribution is 2.85. The number of thioether (sulfide) groups is 2. The zero-order valence-corrected chi connectivity index (χ0v) is 22.0. The first kappa shape index (κ1) is 25.5. The largest absolute Gasteiger partial charge is 0.489 e. The highest BCUT2D eigenvalue weighted by molar-refractivity contribution is 8.18. The summed E-state index contributed by atoms with van der Waals surface area (Å²) < 4.78 is 5.19. The van der Waals surface area contributed by atoms with Gasteiger partial charge in [0.05, 0.1) is 12.1 Å². The van der Waals surface area contributed by atoms with E-state index in [9.17, 15) is 10.5 Å². The number of nitriles is 2. The second-order valence-electron chi connectivity index (χ2n) is 9.10. The van der Waals surface area contributed by atoms with Crippen molar-refractivity contribution >= 4 is 29.4 Å². The van der Waals surface area contributed by atoms with Gasteiger partial charge < -0.3 is 10.5 Å². The van der Waals surface area contributed by atoms with E-state index in [1.807, 2.05) is 54.6 Å². The van der Waals surface area contributed by atoms with Gasteiger partial charge in [-0.25, -0.2) is 4.99 Å². The molecule has 35 heavy (non-hydrogen) atoms. The van der Waals surface area contributed by atoms with Crippen molar-refractivity contribution in [2.75, 3.05) is 11.5 Å². The molecule has 0 amide bonds. The summed E-state index contributed by atoms with van der Waals surface area (Å²) in [7, 11) is 0. The molecule has 2 N–H and O–H groups in total. The van der Waals surface area contributed by atoms with Crippen LogP contribution in [0.4, 0.5) is 0 Å². The van der Waals surface area contributed by atoms with E-state index in [-0.39, 0.29) is 5.92 Å². The summed E-state index contributed by atoms with van der Waals surface area (Å²) in [5.41, 5.74) is 6.47. The van der Waals surface area contributed by atoms with Gasteiger partial charge in [-0.1, -0.05) is 69.2 Å². The Morgan fingerprint density at radius 2 is 1.57 bits per heavy atom. The predicted octanol–water partition coefficient (Wildman–Crippen LogP) is 6.47. The molecule has 7 heteroatoms. The van der Waals surface area contributed by atoms with E-state index >= 15 is 0 Å². The van der Waals surface area contributed by atoms with Crippen LogP contribution in [0.2, 0.25) is 0 Å². The Labute approximate surface area is 217 Å². The van der Waals surface area contributed by atoms with Crippen molar-refractivity contribution in [3.8, 4) is 17.9 Å². The molecule has 0 radical (unpaired) electrons. The smallest absolute Gasteiger partial charge is 0.175 e. The van der Waals surface area contributed by atoms with Crippen LogP contribution in [0, 0.1) is 33.5 Å². The maximum absolute atomic E-state index is 10.6. The second kappa shape index (κ2) is 10.6. The van der Waals surface area contributed by atoms with Gasteiger partial charge in [-0.05, 0) is 47.6 Å². The average molecular weight is 505 g/mol. The number of fused-ring (bicyclic) bond motifs is 1. The molecular weight excluding hydrogens is 472 g/mol. The van der Waals surface area contributed by atoms with Gasteiger partial charge in [0.2, 0.25) is 0 Å². The van der Waals surface area contributed by atoms with Gasteiger partial charge in [-0.3, -0.25) is 0 Å². The molecule has 1 heterocycles. The Morgan fingerprint density at radius 1 is 0.943 bits per heavy atom. The third kappa shape index (κ3) is 4.09. The maximum atomic E-state index is 10.6. The van der Waals surface area contributed by atoms with E-state index < -0.39 is 15.0 Å². The van der Waals surface area contributed by atoms with Crippen LogP contribution in [0.15, 0.2) is 59.6 Å². The number of hydrogen-bond acceptors (Lipinski definition) is 7. The fourth-order valence-electron chi connectivity index (χ4n) is 5.07. The predicted molar refractivity (Wildman–Crippen MR) is 145 cm³/mol. The second-order valence-corrected chi connectivity index (χ2v) is 11.9. The Hall–Kier alpha value is -2.61. The molecule has 1 saturated carbocycles. The van der Waals surface area contributed by atoms with E-state index in [2.05, 4.69) is 26.0 Å². The molecule has 3 unspecified atom stereocenters. The van der Waals surface area contributed by atoms with Gasteiger partial charge in [0.25, 0.3) is 0 Å². The Morgan fingerprint density at radius 3 is 2.11 bits per heavy atom. The molecule has 0 bridgehead atoms. The summed E-state index contributed by atoms with van der Waals surface area (Å²) in [5, 5.41) is 21.0. The first-order valence-corrected chi connectivity index (χ1v) is 14.2. The third-order valence-electron chi connectivity index (χ3n) is 6.98. The molecule has 0 spiro atoms. The molecule has 0 saturated heterocycles. The molecule has 1 aliphatic heterocycles. The van der Waals surface area contributed by atoms with Crippen molar-refractivity contribution in [2.45, 2.75) is 56.3 Å². The van der Waals surface area contributed by atoms with E-state index in [0.717, 1.165) is 54.1 Å². The van der Waals surface area contributed by atoms with E-state index in [0.29, 0.717) is 12.4 Å². The molecule has 0 aromatic heterocycles. The molecule has 2 aromatic rings. The number of aliphatic imine (C=N–C) groups is 1. The third-order valence-corrected chi connectivity index (χ3v) is 10.3. The molecule has 4 rings (SSSR count). The molecular formula is C28H32N4OS2. The molecule has 5 nitrogen and oxygen atoms in total. The number of nitrogens with two attached hydrogens (primary N) is 1. The van der Waals surface area contributed by atoms with Crippen LogP contribution < -0.4 is 10.5 Å². The van der Waals surface area contributed by atoms with Crippen molar-refractivity contribution < 1.29 is 4.74 Å². The highest BCUT2D eigenvalue weighted by atomic mass is 32.2. The topological polar surface area (TPSA) is 95.2 Å². The van der Waals surface area contributed by atoms with E-state index in [1.54, 1.807) is 23.5 Å². The first-order valence-electron chi connectivity index (χ1n) is 12.3. The summed E-state index contributed by atoms with van der Waals surface area (Å²) in [4.78, 5) is 4.89. The molecule has 2 aromatic carbocycles. The average Bonchev–Trinajstić information content (AvgIpc) is 3.47. The summed E-state index contributed by atoms with van der Waals surface area (Å²) >= 11 is 3.40. The lowest BCUT2D eigenvalue weighted by atomic mass is 9.97. The lowest BCUT2D eigenvalue weighted by Crippen LogP contribution is -2.32. The minimum absolute atomic E-state index is 0.309. The van der Waals surface area contributed by atoms with Crippen LogP contribution >= 0.6 is 23.5 Å². The SMILES string of the molecule is CCCCSC1(SCCCC)N=C(N)C2(C#N)C(c3ccc(OCc4ccccc4)cc3)C12C#N. The summed E-state index contributed by atoms with van der Waals surface area (Å²) in [5.74, 6) is 2.52. The Bertz CT molecular complexity index is 1130. The first-order chi connectivity index (χ1) is 17.0. The minimum atomic E-state index is -1.09. The Kier molecular flexibility index (Phi) is 7.69. The lowest BCUT2D eigenvalue weighted by Gasteiger charge is -2.32. The van der Waals surface area contributed by atoms with Gasteiger partial charge >= 0.3 is 0 Å². The highest BCUT2D eigenvalue weighted by Gasteiger charge is 2.91. The fourth-order valence-corrected chi connectivity index (χ4v) is 8.75. The van der Waals surface area contributed by atoms with Crippen molar-refractivity contribution in [1.82, 2.24) is 0 Å². The number of hydrogen-bond donors (Lipinski definition) is 1. The standard InChI is InChI=1S/C28H32N4OS2/c1-3-5-16-34-28(35-17-6-4-2)27(20-30)24(26(27,19-29)25(31)32-28)22-12-14-23(15-13-22)33-18-21-10-8-7-9-11-21/h7-15,24H,3-6,16-18H2,1-2H3,(H2,31,32). The molecule has 1 aliphatic carbocycles. The van der Waals surface area contributed by atoms with Crippen molar-refractivity contribution in [1.29, 1.82) is 10.5 Å². The van der Waals surface area contributed by atoms with Gasteiger partial charge in [0.1, 0.15) is 29.0 Å². The molecule has 3 atom stereocenters. The van der Waals surface area contributed by atoms with Gasteiger partial charge in [-0.2, -0.15) is 10.5 Å². The quantitative estimate of drug-likeness (QED) is 0.263. The van der Waals surface area contributed by atoms with Crippen LogP contribution in [-0.4, -0.2) is 21.5 Å². The number of ether oxygens (including phenoxy) is 1. The van der Waals surface area contributed by atoms with Gasteiger partial charge in [0.15, 0.2) is 4.20 Å². The fraction of sp³-hybridized carbons (Fsp3) is 0.464. The van der Waals surface area contributed by atoms with Crippen molar-refractivity contribution in [3.05, 3.63) is 65.7 Å². The maximum Gasteiger partial charge on any atom is 0.175 e. The van der Waals surface area contributed by atoms with Crippen LogP contribution in [0.3, 0.4) is 0 Å². The number of nitrogens with zero attached hydrogens (tertiary/aromatic N) is 3. The zero-order chi connectivity index (χ0) is 24.9. The monoisotopic (exact) mass is 504 g/mol. The molecule has 1 fully saturated rings. The van der Waals surface area contributed by atoms with Crippen molar-refractivity contribution in [3.63, 3.8) is 0 Å². The normalized spacial score (nSPS) is 25.7. The summed E-state index contributed by atoms with van der Waals surface area (Å²) in [6.45, 7) is 4.80. The summed E-state index contributed by atoms with van der Waals surface area (Å²) in [6.07, 6.45) is 4.21. The molecule has 182 valence electrons. The van der Waals surface area contributed by atoms with E-state index in [1.165, 1.54) is 0 Å². The Balaban J connectivity index is 1.63. The number of benzene rings is 2. The van der Waals surface area contributed by atoms with Gasteiger partial charge in [0, 0.05) is 5.92 Å². The van der Waals surface area contributed by atoms with E-state index in [4.69, 9.17) is 15.5 Å². The zero-order valence-electron chi connectivity index (χ0n) is 20.4. The van der Waals surface area contributed by atoms with Crippen molar-refractivity contribution in [2.24, 2.45) is 21.6 Å². The van der Waals surface area contributed by atoms with Crippen LogP contribution in [0.1, 0.15) is 56.6 Å². The number of unbranched alkanes of at least 4 members (excludes halogenated alkanes) is 2. The van der Waals surface area contributed by atoms with Crippen LogP contribution in [-0.2, 0) is 6.61 Å².